The van der Waals surface area contributed by atoms with Crippen LogP contribution < -0.4 is 5.32 Å². The third kappa shape index (κ3) is 4.43. The summed E-state index contributed by atoms with van der Waals surface area (Å²) in [5.74, 6) is -1.03. The first kappa shape index (κ1) is 23.2. The topological polar surface area (TPSA) is 120 Å². The fourth-order valence-electron chi connectivity index (χ4n) is 3.46. The molecule has 176 valence electrons. The van der Waals surface area contributed by atoms with Crippen molar-refractivity contribution < 1.29 is 33.3 Å². The van der Waals surface area contributed by atoms with E-state index in [2.05, 4.69) is 15.4 Å². The first-order valence-electron chi connectivity index (χ1n) is 10.0. The second-order valence-electron chi connectivity index (χ2n) is 7.60. The number of amides is 1. The van der Waals surface area contributed by atoms with Crippen LogP contribution in [-0.4, -0.2) is 35.8 Å². The Morgan fingerprint density at radius 2 is 1.76 bits per heavy atom. The minimum Gasteiger partial charge on any atom is -0.506 e. The Kier molecular flexibility index (Phi) is 5.98. The lowest BCUT2D eigenvalue weighted by atomic mass is 10.0. The molecule has 0 aliphatic rings. The molecular weight excluding hydrogens is 453 g/mol. The van der Waals surface area contributed by atoms with E-state index in [4.69, 9.17) is 0 Å². The molecule has 0 aliphatic carbocycles. The van der Waals surface area contributed by atoms with Gasteiger partial charge in [0, 0.05) is 11.6 Å². The lowest BCUT2D eigenvalue weighted by molar-refractivity contribution is -0.142. The zero-order chi connectivity index (χ0) is 24.6. The number of alkyl halides is 3. The van der Waals surface area contributed by atoms with Gasteiger partial charge in [-0.25, -0.2) is 9.50 Å². The molecule has 2 aromatic carbocycles. The summed E-state index contributed by atoms with van der Waals surface area (Å²) in [5.41, 5.74) is 0.154. The number of rotatable bonds is 5. The van der Waals surface area contributed by atoms with Crippen LogP contribution in [0, 0.1) is 6.92 Å². The molecular formula is C23H19F3N4O4. The van der Waals surface area contributed by atoms with Gasteiger partial charge in [-0.1, -0.05) is 18.2 Å². The number of phenolic OH excluding ortho intramolecular Hbond substituents is 1. The zero-order valence-corrected chi connectivity index (χ0v) is 17.8. The molecule has 2 heterocycles. The number of fused-ring (bicyclic) bond motifs is 1. The quantitative estimate of drug-likeness (QED) is 0.329. The minimum absolute atomic E-state index is 0.0535. The number of hydrogen-bond donors (Lipinski definition) is 4. The van der Waals surface area contributed by atoms with Gasteiger partial charge in [-0.2, -0.15) is 18.3 Å². The molecule has 0 radical (unpaired) electrons. The van der Waals surface area contributed by atoms with Crippen LogP contribution in [0.4, 0.5) is 18.9 Å². The molecule has 0 aliphatic heterocycles. The van der Waals surface area contributed by atoms with Crippen LogP contribution in [0.2, 0.25) is 0 Å². The van der Waals surface area contributed by atoms with Gasteiger partial charge in [-0.3, -0.25) is 4.79 Å². The Morgan fingerprint density at radius 3 is 2.44 bits per heavy atom. The molecule has 8 nitrogen and oxygen atoms in total. The maximum atomic E-state index is 13.8. The average Bonchev–Trinajstić information content (AvgIpc) is 3.24. The Labute approximate surface area is 190 Å². The Balaban J connectivity index is 1.80. The number of carbonyl (C=O) groups excluding carboxylic acids is 1. The smallest absolute Gasteiger partial charge is 0.433 e. The SMILES string of the molecule is Cc1ccc(O)c(NC(=O)c2cc3nc(-c4ccc(CO)c(CO)c4)cc(C(F)(F)F)n3n2)c1. The van der Waals surface area contributed by atoms with Crippen LogP contribution in [0.3, 0.4) is 0 Å². The Morgan fingerprint density at radius 1 is 1.03 bits per heavy atom. The number of halogens is 3. The summed E-state index contributed by atoms with van der Waals surface area (Å²) in [5, 5.41) is 35.0. The second-order valence-corrected chi connectivity index (χ2v) is 7.60. The van der Waals surface area contributed by atoms with E-state index in [1.54, 1.807) is 13.0 Å². The normalized spacial score (nSPS) is 11.7. The molecule has 0 spiro atoms. The highest BCUT2D eigenvalue weighted by Crippen LogP contribution is 2.33. The van der Waals surface area contributed by atoms with E-state index >= 15 is 0 Å². The van der Waals surface area contributed by atoms with E-state index in [0.29, 0.717) is 15.6 Å². The van der Waals surface area contributed by atoms with Crippen molar-refractivity contribution in [3.05, 3.63) is 76.6 Å². The summed E-state index contributed by atoms with van der Waals surface area (Å²) in [4.78, 5) is 16.9. The van der Waals surface area contributed by atoms with Gasteiger partial charge in [-0.05, 0) is 47.9 Å². The molecule has 11 heteroatoms. The van der Waals surface area contributed by atoms with Gasteiger partial charge in [0.05, 0.1) is 24.6 Å². The molecule has 34 heavy (non-hydrogen) atoms. The monoisotopic (exact) mass is 472 g/mol. The van der Waals surface area contributed by atoms with Gasteiger partial charge in [0.2, 0.25) is 0 Å². The fraction of sp³-hybridized carbons (Fsp3) is 0.174. The van der Waals surface area contributed by atoms with Crippen LogP contribution >= 0.6 is 0 Å². The number of phenols is 1. The standard InChI is InChI=1S/C23H19F3N4O4/c1-12-2-5-19(33)17(6-12)28-22(34)18-9-21-27-16(8-20(23(24,25)26)30(21)29-18)13-3-4-14(10-31)15(7-13)11-32/h2-9,31-33H,10-11H2,1H3,(H,28,34). The lowest BCUT2D eigenvalue weighted by Gasteiger charge is -2.12. The summed E-state index contributed by atoms with van der Waals surface area (Å²) < 4.78 is 42.0. The number of aromatic hydroxyl groups is 1. The molecule has 0 unspecified atom stereocenters. The minimum atomic E-state index is -4.81. The molecule has 1 amide bonds. The van der Waals surface area contributed by atoms with Crippen LogP contribution in [-0.2, 0) is 19.4 Å². The molecule has 0 saturated heterocycles. The van der Waals surface area contributed by atoms with Gasteiger partial charge < -0.3 is 20.6 Å². The largest absolute Gasteiger partial charge is 0.506 e. The van der Waals surface area contributed by atoms with Gasteiger partial charge in [0.15, 0.2) is 17.0 Å². The van der Waals surface area contributed by atoms with E-state index in [-0.39, 0.29) is 40.6 Å². The van der Waals surface area contributed by atoms with Crippen molar-refractivity contribution in [1.29, 1.82) is 0 Å². The number of nitrogens with one attached hydrogen (secondary N) is 1. The summed E-state index contributed by atoms with van der Waals surface area (Å²) in [7, 11) is 0. The maximum Gasteiger partial charge on any atom is 0.433 e. The van der Waals surface area contributed by atoms with Crippen LogP contribution in [0.1, 0.15) is 32.9 Å². The summed E-state index contributed by atoms with van der Waals surface area (Å²) >= 11 is 0. The van der Waals surface area contributed by atoms with Crippen molar-refractivity contribution in [2.45, 2.75) is 26.3 Å². The molecule has 4 N–H and O–H groups in total. The predicted molar refractivity (Wildman–Crippen MR) is 116 cm³/mol. The molecule has 0 atom stereocenters. The van der Waals surface area contributed by atoms with Gasteiger partial charge in [-0.15, -0.1) is 0 Å². The van der Waals surface area contributed by atoms with E-state index in [9.17, 15) is 33.3 Å². The van der Waals surface area contributed by atoms with E-state index in [1.165, 1.54) is 30.3 Å². The number of anilines is 1. The number of carbonyl (C=O) groups is 1. The summed E-state index contributed by atoms with van der Waals surface area (Å²) in [6, 6.07) is 10.8. The Bertz CT molecular complexity index is 1400. The molecule has 0 saturated carbocycles. The number of hydrogen-bond acceptors (Lipinski definition) is 6. The Hall–Kier alpha value is -3.96. The predicted octanol–water partition coefficient (Wildman–Crippen LogP) is 3.67. The molecule has 0 bridgehead atoms. The first-order valence-corrected chi connectivity index (χ1v) is 10.0. The fourth-order valence-corrected chi connectivity index (χ4v) is 3.46. The molecule has 4 rings (SSSR count). The van der Waals surface area contributed by atoms with Crippen LogP contribution in [0.25, 0.3) is 16.9 Å². The van der Waals surface area contributed by atoms with Crippen molar-refractivity contribution in [1.82, 2.24) is 14.6 Å². The number of aryl methyl sites for hydroxylation is 1. The van der Waals surface area contributed by atoms with Crippen LogP contribution in [0.5, 0.6) is 5.75 Å². The highest BCUT2D eigenvalue weighted by molar-refractivity contribution is 6.04. The number of aliphatic hydroxyl groups is 2. The van der Waals surface area contributed by atoms with E-state index in [0.717, 1.165) is 17.7 Å². The van der Waals surface area contributed by atoms with E-state index < -0.39 is 24.4 Å². The first-order chi connectivity index (χ1) is 16.1. The highest BCUT2D eigenvalue weighted by atomic mass is 19.4. The highest BCUT2D eigenvalue weighted by Gasteiger charge is 2.35. The molecule has 0 fully saturated rings. The van der Waals surface area contributed by atoms with E-state index in [1.807, 2.05) is 0 Å². The van der Waals surface area contributed by atoms with Crippen molar-refractivity contribution in [2.24, 2.45) is 0 Å². The second kappa shape index (κ2) is 8.76. The third-order valence-electron chi connectivity index (χ3n) is 5.19. The van der Waals surface area contributed by atoms with Crippen molar-refractivity contribution in [2.75, 3.05) is 5.32 Å². The van der Waals surface area contributed by atoms with Crippen molar-refractivity contribution in [3.8, 4) is 17.0 Å². The van der Waals surface area contributed by atoms with Gasteiger partial charge >= 0.3 is 6.18 Å². The maximum absolute atomic E-state index is 13.8. The van der Waals surface area contributed by atoms with Gasteiger partial charge in [0.25, 0.3) is 5.91 Å². The zero-order valence-electron chi connectivity index (χ0n) is 17.8. The lowest BCUT2D eigenvalue weighted by Crippen LogP contribution is -2.16. The average molecular weight is 472 g/mol. The van der Waals surface area contributed by atoms with Crippen molar-refractivity contribution >= 4 is 17.2 Å². The number of aromatic nitrogens is 3. The number of aliphatic hydroxyl groups excluding tert-OH is 2. The summed E-state index contributed by atoms with van der Waals surface area (Å²) in [6.07, 6.45) is -4.81. The summed E-state index contributed by atoms with van der Waals surface area (Å²) in [6.45, 7) is 0.991. The van der Waals surface area contributed by atoms with Crippen molar-refractivity contribution in [3.63, 3.8) is 0 Å². The third-order valence-corrected chi connectivity index (χ3v) is 5.19. The molecule has 2 aromatic heterocycles. The number of benzene rings is 2. The molecule has 4 aromatic rings. The number of nitrogens with zero attached hydrogens (tertiary/aromatic N) is 3. The van der Waals surface area contributed by atoms with Crippen LogP contribution in [0.15, 0.2) is 48.5 Å². The van der Waals surface area contributed by atoms with Gasteiger partial charge in [0.1, 0.15) is 5.75 Å².